The molecule has 0 spiro atoms. The van der Waals surface area contributed by atoms with Gasteiger partial charge in [-0.15, -0.1) is 0 Å². The zero-order valence-electron chi connectivity index (χ0n) is 14.6. The van der Waals surface area contributed by atoms with E-state index in [9.17, 15) is 13.2 Å². The molecule has 0 aromatic heterocycles. The first kappa shape index (κ1) is 18.3. The van der Waals surface area contributed by atoms with E-state index in [0.717, 1.165) is 29.7 Å². The fourth-order valence-electron chi connectivity index (χ4n) is 3.05. The first-order valence-corrected chi connectivity index (χ1v) is 8.80. The minimum absolute atomic E-state index is 0.414. The quantitative estimate of drug-likeness (QED) is 0.454. The van der Waals surface area contributed by atoms with E-state index in [1.807, 2.05) is 42.5 Å². The van der Waals surface area contributed by atoms with Gasteiger partial charge in [-0.2, -0.15) is 13.2 Å². The lowest BCUT2D eigenvalue weighted by Crippen LogP contribution is -2.11. The first-order valence-electron chi connectivity index (χ1n) is 8.80. The summed E-state index contributed by atoms with van der Waals surface area (Å²) >= 11 is 0. The normalized spacial score (nSPS) is 12.9. The van der Waals surface area contributed by atoms with Gasteiger partial charge in [0.15, 0.2) is 0 Å². The van der Waals surface area contributed by atoms with Crippen LogP contribution in [0.5, 0.6) is 5.75 Å². The molecule has 1 atom stereocenters. The SMILES string of the molecule is CCCCC(Oc1cccc2ccccc12)c1cccc(C(F)(F)F)c1. The average molecular weight is 358 g/mol. The fraction of sp³-hybridized carbons (Fsp3) is 0.273. The number of unbranched alkanes of at least 4 members (excludes halogenated alkanes) is 1. The van der Waals surface area contributed by atoms with E-state index in [2.05, 4.69) is 6.92 Å². The number of benzene rings is 3. The molecule has 0 radical (unpaired) electrons. The zero-order chi connectivity index (χ0) is 18.6. The molecule has 0 fully saturated rings. The van der Waals surface area contributed by atoms with Crippen molar-refractivity contribution in [2.45, 2.75) is 38.5 Å². The van der Waals surface area contributed by atoms with Gasteiger partial charge in [0.25, 0.3) is 0 Å². The summed E-state index contributed by atoms with van der Waals surface area (Å²) in [6, 6.07) is 19.1. The monoisotopic (exact) mass is 358 g/mol. The summed E-state index contributed by atoms with van der Waals surface area (Å²) in [7, 11) is 0. The number of alkyl halides is 3. The molecule has 0 saturated heterocycles. The van der Waals surface area contributed by atoms with Crippen molar-refractivity contribution in [3.05, 3.63) is 77.9 Å². The topological polar surface area (TPSA) is 9.23 Å². The molecule has 1 nitrogen and oxygen atoms in total. The van der Waals surface area contributed by atoms with Crippen LogP contribution in [-0.4, -0.2) is 0 Å². The Hall–Kier alpha value is -2.49. The van der Waals surface area contributed by atoms with Crippen LogP contribution >= 0.6 is 0 Å². The highest BCUT2D eigenvalue weighted by molar-refractivity contribution is 5.88. The second-order valence-corrected chi connectivity index (χ2v) is 6.35. The summed E-state index contributed by atoms with van der Waals surface area (Å²) in [6.45, 7) is 2.06. The van der Waals surface area contributed by atoms with Gasteiger partial charge in [0.05, 0.1) is 5.56 Å². The van der Waals surface area contributed by atoms with Crippen molar-refractivity contribution in [1.82, 2.24) is 0 Å². The molecule has 3 aromatic carbocycles. The third-order valence-electron chi connectivity index (χ3n) is 4.42. The van der Waals surface area contributed by atoms with Crippen LogP contribution in [0.2, 0.25) is 0 Å². The third kappa shape index (κ3) is 4.18. The van der Waals surface area contributed by atoms with E-state index in [1.165, 1.54) is 12.1 Å². The molecule has 0 saturated carbocycles. The Morgan fingerprint density at radius 1 is 0.923 bits per heavy atom. The van der Waals surface area contributed by atoms with E-state index in [4.69, 9.17) is 4.74 Å². The molecule has 0 amide bonds. The summed E-state index contributed by atoms with van der Waals surface area (Å²) in [5.74, 6) is 0.696. The zero-order valence-corrected chi connectivity index (χ0v) is 14.6. The second kappa shape index (κ2) is 7.81. The van der Waals surface area contributed by atoms with Gasteiger partial charge in [0.2, 0.25) is 0 Å². The van der Waals surface area contributed by atoms with Crippen molar-refractivity contribution in [3.63, 3.8) is 0 Å². The van der Waals surface area contributed by atoms with Gasteiger partial charge in [-0.05, 0) is 42.0 Å². The molecule has 0 aliphatic carbocycles. The molecule has 1 unspecified atom stereocenters. The Morgan fingerprint density at radius 2 is 1.65 bits per heavy atom. The smallest absolute Gasteiger partial charge is 0.416 e. The van der Waals surface area contributed by atoms with Gasteiger partial charge in [0.1, 0.15) is 11.9 Å². The van der Waals surface area contributed by atoms with Gasteiger partial charge < -0.3 is 4.74 Å². The molecular formula is C22H21F3O. The molecule has 0 aliphatic heterocycles. The Kier molecular flexibility index (Phi) is 5.50. The largest absolute Gasteiger partial charge is 0.485 e. The molecule has 3 rings (SSSR count). The van der Waals surface area contributed by atoms with Crippen molar-refractivity contribution in [1.29, 1.82) is 0 Å². The van der Waals surface area contributed by atoms with Crippen molar-refractivity contribution in [2.75, 3.05) is 0 Å². The van der Waals surface area contributed by atoms with Crippen LogP contribution in [0.4, 0.5) is 13.2 Å². The molecular weight excluding hydrogens is 337 g/mol. The van der Waals surface area contributed by atoms with Gasteiger partial charge in [-0.1, -0.05) is 61.9 Å². The van der Waals surface area contributed by atoms with Gasteiger partial charge in [0, 0.05) is 5.39 Å². The molecule has 26 heavy (non-hydrogen) atoms. The lowest BCUT2D eigenvalue weighted by Gasteiger charge is -2.21. The van der Waals surface area contributed by atoms with Crippen molar-refractivity contribution < 1.29 is 17.9 Å². The Bertz CT molecular complexity index is 865. The molecule has 4 heteroatoms. The van der Waals surface area contributed by atoms with E-state index in [0.29, 0.717) is 17.7 Å². The summed E-state index contributed by atoms with van der Waals surface area (Å²) in [5.41, 5.74) is -0.0840. The van der Waals surface area contributed by atoms with Crippen LogP contribution in [0, 0.1) is 0 Å². The predicted molar refractivity (Wildman–Crippen MR) is 98.3 cm³/mol. The number of rotatable bonds is 6. The minimum Gasteiger partial charge on any atom is -0.485 e. The highest BCUT2D eigenvalue weighted by Crippen LogP contribution is 2.35. The van der Waals surface area contributed by atoms with Crippen LogP contribution in [0.15, 0.2) is 66.7 Å². The second-order valence-electron chi connectivity index (χ2n) is 6.35. The highest BCUT2D eigenvalue weighted by atomic mass is 19.4. The Labute approximate surface area is 151 Å². The first-order chi connectivity index (χ1) is 12.5. The maximum absolute atomic E-state index is 13.1. The van der Waals surface area contributed by atoms with Crippen LogP contribution in [0.1, 0.15) is 43.4 Å². The van der Waals surface area contributed by atoms with Crippen LogP contribution in [0.25, 0.3) is 10.8 Å². The average Bonchev–Trinajstić information content (AvgIpc) is 2.64. The van der Waals surface area contributed by atoms with E-state index in [1.54, 1.807) is 6.07 Å². The van der Waals surface area contributed by atoms with E-state index in [-0.39, 0.29) is 0 Å². The number of hydrogen-bond donors (Lipinski definition) is 0. The van der Waals surface area contributed by atoms with Crippen molar-refractivity contribution in [3.8, 4) is 5.75 Å². The minimum atomic E-state index is -4.36. The number of fused-ring (bicyclic) bond motifs is 1. The lowest BCUT2D eigenvalue weighted by atomic mass is 10.0. The Balaban J connectivity index is 1.96. The molecule has 0 bridgehead atoms. The maximum atomic E-state index is 13.1. The summed E-state index contributed by atoms with van der Waals surface area (Å²) in [4.78, 5) is 0. The molecule has 0 aliphatic rings. The summed E-state index contributed by atoms with van der Waals surface area (Å²) < 4.78 is 45.4. The van der Waals surface area contributed by atoms with Crippen LogP contribution < -0.4 is 4.74 Å². The summed E-state index contributed by atoms with van der Waals surface area (Å²) in [6.07, 6.45) is -2.27. The molecule has 136 valence electrons. The third-order valence-corrected chi connectivity index (χ3v) is 4.42. The number of hydrogen-bond acceptors (Lipinski definition) is 1. The van der Waals surface area contributed by atoms with Crippen LogP contribution in [-0.2, 0) is 6.18 Å². The predicted octanol–water partition coefficient (Wildman–Crippen LogP) is 7.17. The van der Waals surface area contributed by atoms with Crippen LogP contribution in [0.3, 0.4) is 0 Å². The molecule has 3 aromatic rings. The van der Waals surface area contributed by atoms with E-state index >= 15 is 0 Å². The van der Waals surface area contributed by atoms with E-state index < -0.39 is 17.8 Å². The highest BCUT2D eigenvalue weighted by Gasteiger charge is 2.31. The fourth-order valence-corrected chi connectivity index (χ4v) is 3.05. The number of halogens is 3. The Morgan fingerprint density at radius 3 is 2.42 bits per heavy atom. The molecule has 0 heterocycles. The standard InChI is InChI=1S/C22H21F3O/c1-2-3-13-20(17-10-6-11-18(15-17)22(23,24)25)26-21-14-7-9-16-8-4-5-12-19(16)21/h4-12,14-15,20H,2-3,13H2,1H3. The maximum Gasteiger partial charge on any atom is 0.416 e. The summed E-state index contributed by atoms with van der Waals surface area (Å²) in [5, 5.41) is 2.01. The van der Waals surface area contributed by atoms with Gasteiger partial charge in [-0.3, -0.25) is 0 Å². The van der Waals surface area contributed by atoms with Crippen molar-refractivity contribution in [2.24, 2.45) is 0 Å². The number of ether oxygens (including phenoxy) is 1. The van der Waals surface area contributed by atoms with Crippen molar-refractivity contribution >= 4 is 10.8 Å². The lowest BCUT2D eigenvalue weighted by molar-refractivity contribution is -0.137. The van der Waals surface area contributed by atoms with Gasteiger partial charge in [-0.25, -0.2) is 0 Å². The van der Waals surface area contributed by atoms with Gasteiger partial charge >= 0.3 is 6.18 Å². The molecule has 0 N–H and O–H groups in total.